The van der Waals surface area contributed by atoms with Gasteiger partial charge in [0.15, 0.2) is 0 Å². The van der Waals surface area contributed by atoms with Gasteiger partial charge in [-0.2, -0.15) is 0 Å². The predicted octanol–water partition coefficient (Wildman–Crippen LogP) is 9.58. The number of rotatable bonds is 9. The number of unbranched alkanes of at least 4 members (excludes halogenated alkanes) is 7. The fraction of sp³-hybridized carbons (Fsp3) is 0.333. The van der Waals surface area contributed by atoms with Crippen molar-refractivity contribution < 1.29 is 4.42 Å². The molecule has 0 radical (unpaired) electrons. The van der Waals surface area contributed by atoms with Crippen LogP contribution in [0, 0.1) is 0 Å². The van der Waals surface area contributed by atoms with E-state index in [1.54, 1.807) is 0 Å². The van der Waals surface area contributed by atoms with Crippen LogP contribution in [0.15, 0.2) is 71.1 Å². The zero-order valence-corrected chi connectivity index (χ0v) is 18.6. The molecule has 1 aromatic heterocycles. The number of hydrogen-bond acceptors (Lipinski definition) is 1. The Morgan fingerprint density at radius 3 is 2.13 bits per heavy atom. The number of fused-ring (bicyclic) bond motifs is 7. The second-order valence-electron chi connectivity index (χ2n) is 8.98. The van der Waals surface area contributed by atoms with Crippen LogP contribution in [0.2, 0.25) is 0 Å². The van der Waals surface area contributed by atoms with Crippen molar-refractivity contribution in [3.63, 3.8) is 0 Å². The SMILES string of the molecule is CCCCCCCCCCc1ccc2c(ccc3c2ccc2c4ccccc4oc23)c1. The number of furan rings is 1. The third kappa shape index (κ3) is 4.06. The van der Waals surface area contributed by atoms with Crippen LogP contribution in [0.25, 0.3) is 43.5 Å². The van der Waals surface area contributed by atoms with E-state index in [0.717, 1.165) is 11.2 Å². The van der Waals surface area contributed by atoms with E-state index in [2.05, 4.69) is 67.6 Å². The van der Waals surface area contributed by atoms with Gasteiger partial charge in [0, 0.05) is 16.2 Å². The van der Waals surface area contributed by atoms with Crippen molar-refractivity contribution in [3.8, 4) is 0 Å². The van der Waals surface area contributed by atoms with Crippen molar-refractivity contribution in [1.82, 2.24) is 0 Å². The molecule has 0 aliphatic rings. The highest BCUT2D eigenvalue weighted by molar-refractivity contribution is 6.20. The fourth-order valence-electron chi connectivity index (χ4n) is 5.00. The van der Waals surface area contributed by atoms with Crippen LogP contribution in [0.3, 0.4) is 0 Å². The maximum atomic E-state index is 6.25. The molecular formula is C30H32O. The maximum absolute atomic E-state index is 6.25. The highest BCUT2D eigenvalue weighted by atomic mass is 16.3. The summed E-state index contributed by atoms with van der Waals surface area (Å²) in [4.78, 5) is 0. The van der Waals surface area contributed by atoms with E-state index in [9.17, 15) is 0 Å². The molecular weight excluding hydrogens is 376 g/mol. The molecule has 158 valence electrons. The zero-order valence-electron chi connectivity index (χ0n) is 18.6. The quantitative estimate of drug-likeness (QED) is 0.175. The Morgan fingerprint density at radius 1 is 0.581 bits per heavy atom. The van der Waals surface area contributed by atoms with E-state index in [0.29, 0.717) is 0 Å². The van der Waals surface area contributed by atoms with Crippen molar-refractivity contribution in [2.45, 2.75) is 64.7 Å². The van der Waals surface area contributed by atoms with E-state index in [1.165, 1.54) is 95.7 Å². The normalized spacial score (nSPS) is 11.9. The Kier molecular flexibility index (Phi) is 5.93. The van der Waals surface area contributed by atoms with Gasteiger partial charge >= 0.3 is 0 Å². The van der Waals surface area contributed by atoms with E-state index in [1.807, 2.05) is 6.07 Å². The molecule has 0 aliphatic heterocycles. The topological polar surface area (TPSA) is 13.1 Å². The zero-order chi connectivity index (χ0) is 21.0. The Hall–Kier alpha value is -2.80. The molecule has 0 spiro atoms. The van der Waals surface area contributed by atoms with Crippen molar-refractivity contribution in [2.75, 3.05) is 0 Å². The molecule has 4 aromatic carbocycles. The molecule has 1 heteroatoms. The molecule has 0 unspecified atom stereocenters. The molecule has 0 bridgehead atoms. The Morgan fingerprint density at radius 2 is 1.26 bits per heavy atom. The second kappa shape index (κ2) is 9.14. The monoisotopic (exact) mass is 408 g/mol. The van der Waals surface area contributed by atoms with Crippen molar-refractivity contribution in [3.05, 3.63) is 72.3 Å². The van der Waals surface area contributed by atoms with Crippen molar-refractivity contribution in [2.24, 2.45) is 0 Å². The third-order valence-corrected chi connectivity index (χ3v) is 6.74. The Labute approximate surface area is 185 Å². The first-order valence-corrected chi connectivity index (χ1v) is 12.1. The first-order valence-electron chi connectivity index (χ1n) is 12.1. The number of para-hydroxylation sites is 1. The smallest absolute Gasteiger partial charge is 0.143 e. The van der Waals surface area contributed by atoms with E-state index < -0.39 is 0 Å². The Balaban J connectivity index is 1.34. The molecule has 0 atom stereocenters. The average molecular weight is 409 g/mol. The van der Waals surface area contributed by atoms with Crippen molar-refractivity contribution >= 4 is 43.5 Å². The van der Waals surface area contributed by atoms with Crippen LogP contribution in [-0.2, 0) is 6.42 Å². The van der Waals surface area contributed by atoms with Gasteiger partial charge in [0.2, 0.25) is 0 Å². The molecule has 0 amide bonds. The predicted molar refractivity (Wildman–Crippen MR) is 135 cm³/mol. The summed E-state index contributed by atoms with van der Waals surface area (Å²) < 4.78 is 6.25. The second-order valence-corrected chi connectivity index (χ2v) is 8.98. The molecule has 5 rings (SSSR count). The van der Waals surface area contributed by atoms with Crippen LogP contribution in [-0.4, -0.2) is 0 Å². The lowest BCUT2D eigenvalue weighted by Gasteiger charge is -2.08. The van der Waals surface area contributed by atoms with Gasteiger partial charge in [0.05, 0.1) is 0 Å². The standard InChI is InChI=1S/C30H32O/c1-2-3-4-5-6-7-8-9-12-22-15-17-24-23(21-22)16-18-27-25(24)19-20-28-26-13-10-11-14-29(26)31-30(27)28/h10-11,13-21H,2-9,12H2,1H3. The van der Waals surface area contributed by atoms with Gasteiger partial charge in [0.25, 0.3) is 0 Å². The number of hydrogen-bond donors (Lipinski definition) is 0. The molecule has 0 fully saturated rings. The van der Waals surface area contributed by atoms with Crippen LogP contribution in [0.4, 0.5) is 0 Å². The molecule has 5 aromatic rings. The van der Waals surface area contributed by atoms with Crippen molar-refractivity contribution in [1.29, 1.82) is 0 Å². The molecule has 0 N–H and O–H groups in total. The van der Waals surface area contributed by atoms with E-state index >= 15 is 0 Å². The van der Waals surface area contributed by atoms with Gasteiger partial charge < -0.3 is 4.42 Å². The molecule has 0 saturated carbocycles. The first-order chi connectivity index (χ1) is 15.3. The Bertz CT molecular complexity index is 1320. The lowest BCUT2D eigenvalue weighted by Crippen LogP contribution is -1.88. The average Bonchev–Trinajstić information content (AvgIpc) is 3.19. The van der Waals surface area contributed by atoms with Gasteiger partial charge in [-0.05, 0) is 52.8 Å². The van der Waals surface area contributed by atoms with Gasteiger partial charge in [-0.3, -0.25) is 0 Å². The van der Waals surface area contributed by atoms with E-state index in [-0.39, 0.29) is 0 Å². The summed E-state index contributed by atoms with van der Waals surface area (Å²) in [5.41, 5.74) is 3.43. The largest absolute Gasteiger partial charge is 0.455 e. The highest BCUT2D eigenvalue weighted by Gasteiger charge is 2.11. The summed E-state index contributed by atoms with van der Waals surface area (Å²) in [5, 5.41) is 7.54. The minimum Gasteiger partial charge on any atom is -0.455 e. The molecule has 0 aliphatic carbocycles. The molecule has 1 nitrogen and oxygen atoms in total. The van der Waals surface area contributed by atoms with Gasteiger partial charge in [0.1, 0.15) is 11.2 Å². The maximum Gasteiger partial charge on any atom is 0.143 e. The summed E-state index contributed by atoms with van der Waals surface area (Å²) >= 11 is 0. The lowest BCUT2D eigenvalue weighted by molar-refractivity contribution is 0.575. The highest BCUT2D eigenvalue weighted by Crippen LogP contribution is 2.36. The van der Waals surface area contributed by atoms with E-state index in [4.69, 9.17) is 4.42 Å². The van der Waals surface area contributed by atoms with Crippen LogP contribution in [0.1, 0.15) is 63.9 Å². The van der Waals surface area contributed by atoms with Crippen LogP contribution in [0.5, 0.6) is 0 Å². The molecule has 1 heterocycles. The van der Waals surface area contributed by atoms with Crippen LogP contribution >= 0.6 is 0 Å². The van der Waals surface area contributed by atoms with Gasteiger partial charge in [-0.15, -0.1) is 0 Å². The summed E-state index contributed by atoms with van der Waals surface area (Å²) in [5.74, 6) is 0. The summed E-state index contributed by atoms with van der Waals surface area (Å²) in [6, 6.07) is 24.3. The lowest BCUT2D eigenvalue weighted by atomic mass is 9.97. The minimum absolute atomic E-state index is 0.964. The minimum atomic E-state index is 0.964. The fourth-order valence-corrected chi connectivity index (χ4v) is 5.00. The first kappa shape index (κ1) is 20.1. The van der Waals surface area contributed by atoms with Crippen LogP contribution < -0.4 is 0 Å². The summed E-state index contributed by atoms with van der Waals surface area (Å²) in [6.07, 6.45) is 12.2. The summed E-state index contributed by atoms with van der Waals surface area (Å²) in [7, 11) is 0. The van der Waals surface area contributed by atoms with Gasteiger partial charge in [-0.1, -0.05) is 100 Å². The molecule has 31 heavy (non-hydrogen) atoms. The molecule has 0 saturated heterocycles. The summed E-state index contributed by atoms with van der Waals surface area (Å²) in [6.45, 7) is 2.28. The number of benzene rings is 4. The number of aryl methyl sites for hydroxylation is 1. The third-order valence-electron chi connectivity index (χ3n) is 6.74. The van der Waals surface area contributed by atoms with Gasteiger partial charge in [-0.25, -0.2) is 0 Å².